The lowest BCUT2D eigenvalue weighted by molar-refractivity contribution is -0.117. The number of amidine groups is 1. The maximum Gasteiger partial charge on any atom is 0.248 e. The minimum absolute atomic E-state index is 0.0425. The van der Waals surface area contributed by atoms with Gasteiger partial charge in [-0.3, -0.25) is 4.79 Å². The predicted octanol–water partition coefficient (Wildman–Crippen LogP) is 2.11. The van der Waals surface area contributed by atoms with Crippen molar-refractivity contribution in [2.24, 2.45) is 4.99 Å². The van der Waals surface area contributed by atoms with Crippen LogP contribution in [0.5, 0.6) is 11.5 Å². The summed E-state index contributed by atoms with van der Waals surface area (Å²) in [5.41, 5.74) is 0.688. The number of methoxy groups -OCH3 is 2. The van der Waals surface area contributed by atoms with Gasteiger partial charge < -0.3 is 14.4 Å². The Labute approximate surface area is 157 Å². The fourth-order valence-corrected chi connectivity index (χ4v) is 7.13. The first-order valence-electron chi connectivity index (χ1n) is 8.38. The second-order valence-electron chi connectivity index (χ2n) is 6.25. The standard InChI is InChI=1S/C17H22N2O5S2/c1-4-5-16(20)18-17-19(13-9-26(21,22)10-15(13)25-17)12-7-6-11(23-2)8-14(12)24-3/h6-8,13,15H,4-5,9-10H2,1-3H3/t13-,15+/m0/s1. The molecule has 0 bridgehead atoms. The van der Waals surface area contributed by atoms with Gasteiger partial charge in [-0.2, -0.15) is 4.99 Å². The summed E-state index contributed by atoms with van der Waals surface area (Å²) in [5.74, 6) is 1.12. The molecule has 0 unspecified atom stereocenters. The van der Waals surface area contributed by atoms with E-state index in [9.17, 15) is 13.2 Å². The zero-order valence-corrected chi connectivity index (χ0v) is 16.6. The second kappa shape index (κ2) is 7.48. The van der Waals surface area contributed by atoms with E-state index < -0.39 is 9.84 Å². The number of carbonyl (C=O) groups is 1. The van der Waals surface area contributed by atoms with Crippen molar-refractivity contribution in [3.63, 3.8) is 0 Å². The third kappa shape index (κ3) is 3.68. The highest BCUT2D eigenvalue weighted by Gasteiger charge is 2.50. The van der Waals surface area contributed by atoms with Crippen molar-refractivity contribution in [2.45, 2.75) is 31.1 Å². The zero-order valence-electron chi connectivity index (χ0n) is 15.0. The number of hydrogen-bond acceptors (Lipinski definition) is 6. The van der Waals surface area contributed by atoms with Crippen LogP contribution >= 0.6 is 11.8 Å². The van der Waals surface area contributed by atoms with Crippen LogP contribution in [0.3, 0.4) is 0 Å². The lowest BCUT2D eigenvalue weighted by Gasteiger charge is -2.26. The average molecular weight is 399 g/mol. The summed E-state index contributed by atoms with van der Waals surface area (Å²) in [5, 5.41) is 0.400. The second-order valence-corrected chi connectivity index (χ2v) is 9.61. The topological polar surface area (TPSA) is 85.3 Å². The van der Waals surface area contributed by atoms with Crippen LogP contribution < -0.4 is 14.4 Å². The molecule has 0 aromatic heterocycles. The molecular weight excluding hydrogens is 376 g/mol. The summed E-state index contributed by atoms with van der Waals surface area (Å²) in [6.45, 7) is 1.92. The Morgan fingerprint density at radius 3 is 2.73 bits per heavy atom. The monoisotopic (exact) mass is 398 g/mol. The number of ether oxygens (including phenoxy) is 2. The molecule has 3 rings (SSSR count). The van der Waals surface area contributed by atoms with Crippen LogP contribution in [0.2, 0.25) is 0 Å². The normalized spacial score (nSPS) is 25.3. The van der Waals surface area contributed by atoms with E-state index in [1.165, 1.54) is 11.8 Å². The Kier molecular flexibility index (Phi) is 5.47. The van der Waals surface area contributed by atoms with Crippen LogP contribution in [-0.2, 0) is 14.6 Å². The van der Waals surface area contributed by atoms with Crippen LogP contribution in [0.4, 0.5) is 5.69 Å². The fraction of sp³-hybridized carbons (Fsp3) is 0.529. The van der Waals surface area contributed by atoms with Crippen molar-refractivity contribution in [1.82, 2.24) is 0 Å². The number of sulfone groups is 1. The number of aliphatic imine (C=N–C) groups is 1. The molecule has 1 aromatic rings. The first kappa shape index (κ1) is 19.0. The number of nitrogens with zero attached hydrogens (tertiary/aromatic N) is 2. The Balaban J connectivity index is 2.05. The number of hydrogen-bond donors (Lipinski definition) is 0. The van der Waals surface area contributed by atoms with E-state index in [0.29, 0.717) is 35.2 Å². The average Bonchev–Trinajstić information content (AvgIpc) is 3.05. The maximum absolute atomic E-state index is 12.1. The zero-order chi connectivity index (χ0) is 18.9. The van der Waals surface area contributed by atoms with Crippen molar-refractivity contribution in [3.05, 3.63) is 18.2 Å². The smallest absolute Gasteiger partial charge is 0.248 e. The van der Waals surface area contributed by atoms with Gasteiger partial charge in [0.2, 0.25) is 5.91 Å². The summed E-state index contributed by atoms with van der Waals surface area (Å²) in [4.78, 5) is 18.2. The van der Waals surface area contributed by atoms with Crippen LogP contribution in [-0.4, -0.2) is 56.5 Å². The van der Waals surface area contributed by atoms with E-state index >= 15 is 0 Å². The summed E-state index contributed by atoms with van der Waals surface area (Å²) in [6.07, 6.45) is 1.08. The predicted molar refractivity (Wildman–Crippen MR) is 103 cm³/mol. The molecule has 2 atom stereocenters. The van der Waals surface area contributed by atoms with Crippen LogP contribution in [0, 0.1) is 0 Å². The molecule has 2 heterocycles. The van der Waals surface area contributed by atoms with Gasteiger partial charge in [-0.05, 0) is 18.6 Å². The van der Waals surface area contributed by atoms with E-state index in [0.717, 1.165) is 0 Å². The van der Waals surface area contributed by atoms with E-state index in [1.54, 1.807) is 26.4 Å². The van der Waals surface area contributed by atoms with Gasteiger partial charge in [-0.25, -0.2) is 8.42 Å². The van der Waals surface area contributed by atoms with Crippen LogP contribution in [0.15, 0.2) is 23.2 Å². The quantitative estimate of drug-likeness (QED) is 0.751. The molecule has 26 heavy (non-hydrogen) atoms. The highest BCUT2D eigenvalue weighted by Crippen LogP contribution is 2.44. The molecule has 2 aliphatic heterocycles. The summed E-state index contributed by atoms with van der Waals surface area (Å²) in [7, 11) is 0.00169. The minimum atomic E-state index is -3.11. The SMILES string of the molecule is CCCC(=O)N=C1S[C@@H]2CS(=O)(=O)C[C@@H]2N1c1ccc(OC)cc1OC. The van der Waals surface area contributed by atoms with Gasteiger partial charge in [0.25, 0.3) is 0 Å². The van der Waals surface area contributed by atoms with Crippen LogP contribution in [0.25, 0.3) is 0 Å². The Hall–Kier alpha value is -1.74. The lowest BCUT2D eigenvalue weighted by atomic mass is 10.2. The molecule has 1 aromatic carbocycles. The van der Waals surface area contributed by atoms with Crippen LogP contribution in [0.1, 0.15) is 19.8 Å². The van der Waals surface area contributed by atoms with E-state index in [-0.39, 0.29) is 28.7 Å². The van der Waals surface area contributed by atoms with Crippen molar-refractivity contribution >= 4 is 38.4 Å². The summed E-state index contributed by atoms with van der Waals surface area (Å²) < 4.78 is 34.9. The minimum Gasteiger partial charge on any atom is -0.497 e. The lowest BCUT2D eigenvalue weighted by Crippen LogP contribution is -2.38. The Morgan fingerprint density at radius 2 is 2.08 bits per heavy atom. The highest BCUT2D eigenvalue weighted by atomic mass is 32.2. The van der Waals surface area contributed by atoms with Gasteiger partial charge in [-0.1, -0.05) is 18.7 Å². The van der Waals surface area contributed by atoms with Gasteiger partial charge in [0, 0.05) is 17.7 Å². The van der Waals surface area contributed by atoms with E-state index in [1.807, 2.05) is 17.9 Å². The molecule has 1 amide bonds. The largest absolute Gasteiger partial charge is 0.497 e. The molecule has 2 aliphatic rings. The molecular formula is C17H22N2O5S2. The van der Waals surface area contributed by atoms with Gasteiger partial charge in [0.1, 0.15) is 11.5 Å². The van der Waals surface area contributed by atoms with Gasteiger partial charge >= 0.3 is 0 Å². The molecule has 0 N–H and O–H groups in total. The number of anilines is 1. The summed E-state index contributed by atoms with van der Waals surface area (Å²) >= 11 is 1.36. The first-order valence-corrected chi connectivity index (χ1v) is 11.1. The molecule has 142 valence electrons. The molecule has 2 fully saturated rings. The highest BCUT2D eigenvalue weighted by molar-refractivity contribution is 8.16. The molecule has 0 saturated carbocycles. The van der Waals surface area contributed by atoms with Crippen molar-refractivity contribution in [2.75, 3.05) is 30.6 Å². The molecule has 0 radical (unpaired) electrons. The number of benzene rings is 1. The Morgan fingerprint density at radius 1 is 1.31 bits per heavy atom. The van der Waals surface area contributed by atoms with E-state index in [4.69, 9.17) is 9.47 Å². The van der Waals surface area contributed by atoms with Crippen molar-refractivity contribution in [1.29, 1.82) is 0 Å². The third-order valence-electron chi connectivity index (χ3n) is 4.40. The molecule has 2 saturated heterocycles. The summed E-state index contributed by atoms with van der Waals surface area (Å²) in [6, 6.07) is 5.07. The van der Waals surface area contributed by atoms with Gasteiger partial charge in [0.05, 0.1) is 37.5 Å². The fourth-order valence-electron chi connectivity index (χ4n) is 3.21. The molecule has 7 nitrogen and oxygen atoms in total. The first-order chi connectivity index (χ1) is 12.4. The van der Waals surface area contributed by atoms with Crippen molar-refractivity contribution < 1.29 is 22.7 Å². The van der Waals surface area contributed by atoms with E-state index in [2.05, 4.69) is 4.99 Å². The van der Waals surface area contributed by atoms with Gasteiger partial charge in [-0.15, -0.1) is 0 Å². The van der Waals surface area contributed by atoms with Crippen molar-refractivity contribution in [3.8, 4) is 11.5 Å². The third-order valence-corrected chi connectivity index (χ3v) is 7.61. The number of amides is 1. The molecule has 0 spiro atoms. The molecule has 0 aliphatic carbocycles. The number of thioether (sulfide) groups is 1. The number of carbonyl (C=O) groups excluding carboxylic acids is 1. The number of rotatable bonds is 5. The number of fused-ring (bicyclic) bond motifs is 1. The Bertz CT molecular complexity index is 838. The molecule has 9 heteroatoms. The van der Waals surface area contributed by atoms with Gasteiger partial charge in [0.15, 0.2) is 15.0 Å². The maximum atomic E-state index is 12.1.